The molecule has 1 fully saturated rings. The maximum Gasteiger partial charge on any atom is 0.0991 e. The third-order valence-electron chi connectivity index (χ3n) is 4.66. The highest BCUT2D eigenvalue weighted by atomic mass is 16.3. The van der Waals surface area contributed by atoms with Gasteiger partial charge < -0.3 is 10.0 Å². The number of aliphatic hydroxyl groups excluding tert-OH is 1. The Bertz CT molecular complexity index is 475. The monoisotopic (exact) mass is 286 g/mol. The summed E-state index contributed by atoms with van der Waals surface area (Å²) < 4.78 is 0. The first-order valence-electron chi connectivity index (χ1n) is 8.00. The molecule has 1 aromatic rings. The third kappa shape index (κ3) is 4.56. The molecule has 2 atom stereocenters. The van der Waals surface area contributed by atoms with Crippen molar-refractivity contribution < 1.29 is 5.11 Å². The molecule has 1 saturated heterocycles. The van der Waals surface area contributed by atoms with Crippen LogP contribution in [0.4, 0.5) is 0 Å². The fraction of sp³-hybridized carbons (Fsp3) is 0.611. The highest BCUT2D eigenvalue weighted by molar-refractivity contribution is 5.32. The first kappa shape index (κ1) is 16.0. The molecule has 1 aliphatic rings. The van der Waals surface area contributed by atoms with E-state index in [0.29, 0.717) is 12.1 Å². The van der Waals surface area contributed by atoms with E-state index in [-0.39, 0.29) is 0 Å². The Morgan fingerprint density at radius 2 is 1.95 bits per heavy atom. The molecule has 3 heteroatoms. The minimum Gasteiger partial charge on any atom is -0.387 e. The first-order valence-corrected chi connectivity index (χ1v) is 8.00. The van der Waals surface area contributed by atoms with Crippen LogP contribution in [-0.4, -0.2) is 29.6 Å². The molecule has 2 rings (SSSR count). The maximum absolute atomic E-state index is 10.4. The first-order chi connectivity index (χ1) is 10.1. The lowest BCUT2D eigenvalue weighted by molar-refractivity contribution is 0.114. The van der Waals surface area contributed by atoms with Crippen molar-refractivity contribution in [3.63, 3.8) is 0 Å². The van der Waals surface area contributed by atoms with E-state index in [1.165, 1.54) is 19.3 Å². The zero-order valence-corrected chi connectivity index (χ0v) is 13.1. The van der Waals surface area contributed by atoms with Gasteiger partial charge in [-0.2, -0.15) is 5.26 Å². The van der Waals surface area contributed by atoms with Gasteiger partial charge in [-0.1, -0.05) is 26.0 Å². The topological polar surface area (TPSA) is 47.3 Å². The normalized spacial score (nSPS) is 21.8. The van der Waals surface area contributed by atoms with Crippen LogP contribution in [0.1, 0.15) is 50.3 Å². The average molecular weight is 286 g/mol. The van der Waals surface area contributed by atoms with Crippen LogP contribution in [0.15, 0.2) is 24.3 Å². The van der Waals surface area contributed by atoms with E-state index in [1.54, 1.807) is 12.1 Å². The maximum atomic E-state index is 10.4. The van der Waals surface area contributed by atoms with E-state index < -0.39 is 6.10 Å². The molecule has 114 valence electrons. The van der Waals surface area contributed by atoms with E-state index in [1.807, 2.05) is 12.1 Å². The van der Waals surface area contributed by atoms with Crippen molar-refractivity contribution in [1.29, 1.82) is 5.26 Å². The smallest absolute Gasteiger partial charge is 0.0991 e. The molecule has 1 N–H and O–H groups in total. The van der Waals surface area contributed by atoms with Gasteiger partial charge in [-0.05, 0) is 61.9 Å². The molecule has 0 amide bonds. The van der Waals surface area contributed by atoms with Gasteiger partial charge in [0.15, 0.2) is 0 Å². The number of rotatable bonds is 4. The summed E-state index contributed by atoms with van der Waals surface area (Å²) in [7, 11) is 0. The van der Waals surface area contributed by atoms with Crippen molar-refractivity contribution in [2.24, 2.45) is 11.8 Å². The molecule has 0 radical (unpaired) electrons. The van der Waals surface area contributed by atoms with Crippen molar-refractivity contribution in [1.82, 2.24) is 4.90 Å². The minimum atomic E-state index is -0.464. The fourth-order valence-corrected chi connectivity index (χ4v) is 3.16. The summed E-state index contributed by atoms with van der Waals surface area (Å²) in [5.41, 5.74) is 1.54. The van der Waals surface area contributed by atoms with Gasteiger partial charge in [0.2, 0.25) is 0 Å². The van der Waals surface area contributed by atoms with Crippen LogP contribution in [0.3, 0.4) is 0 Å². The van der Waals surface area contributed by atoms with Crippen molar-refractivity contribution in [3.05, 3.63) is 35.4 Å². The van der Waals surface area contributed by atoms with Crippen LogP contribution in [-0.2, 0) is 0 Å². The Morgan fingerprint density at radius 3 is 2.57 bits per heavy atom. The van der Waals surface area contributed by atoms with Crippen molar-refractivity contribution >= 4 is 0 Å². The number of hydrogen-bond acceptors (Lipinski definition) is 3. The largest absolute Gasteiger partial charge is 0.387 e. The molecule has 1 aliphatic heterocycles. The van der Waals surface area contributed by atoms with Gasteiger partial charge in [-0.15, -0.1) is 0 Å². The summed E-state index contributed by atoms with van der Waals surface area (Å²) in [6.45, 7) is 7.47. The van der Waals surface area contributed by atoms with E-state index in [2.05, 4.69) is 24.8 Å². The quantitative estimate of drug-likeness (QED) is 0.923. The van der Waals surface area contributed by atoms with E-state index in [4.69, 9.17) is 5.26 Å². The fourth-order valence-electron chi connectivity index (χ4n) is 3.16. The van der Waals surface area contributed by atoms with Gasteiger partial charge in [0.1, 0.15) is 0 Å². The highest BCUT2D eigenvalue weighted by Gasteiger charge is 2.21. The van der Waals surface area contributed by atoms with Crippen LogP contribution >= 0.6 is 0 Å². The Hall–Kier alpha value is -1.37. The average Bonchev–Trinajstić information content (AvgIpc) is 2.73. The Balaban J connectivity index is 1.90. The molecule has 1 heterocycles. The van der Waals surface area contributed by atoms with Crippen LogP contribution in [0, 0.1) is 23.2 Å². The number of hydrogen-bond donors (Lipinski definition) is 1. The molecular formula is C18H26N2O. The summed E-state index contributed by atoms with van der Waals surface area (Å²) in [6.07, 6.45) is 3.30. The van der Waals surface area contributed by atoms with E-state index in [0.717, 1.165) is 30.5 Å². The van der Waals surface area contributed by atoms with Crippen molar-refractivity contribution in [2.75, 3.05) is 19.6 Å². The zero-order valence-electron chi connectivity index (χ0n) is 13.1. The molecule has 2 unspecified atom stereocenters. The molecule has 0 aromatic heterocycles. The third-order valence-corrected chi connectivity index (χ3v) is 4.66. The number of nitriles is 1. The van der Waals surface area contributed by atoms with Gasteiger partial charge >= 0.3 is 0 Å². The second kappa shape index (κ2) is 7.59. The van der Waals surface area contributed by atoms with Crippen LogP contribution in [0.5, 0.6) is 0 Å². The predicted octanol–water partition coefficient (Wildman–Crippen LogP) is 3.35. The Kier molecular flexibility index (Phi) is 5.78. The SMILES string of the molecule is CC(C)C1CCCN(CC(O)c2ccc(C#N)cc2)CC1. The highest BCUT2D eigenvalue weighted by Crippen LogP contribution is 2.25. The number of nitrogens with zero attached hydrogens (tertiary/aromatic N) is 2. The standard InChI is InChI=1S/C18H26N2O/c1-14(2)16-4-3-10-20(11-9-16)13-18(21)17-7-5-15(12-19)6-8-17/h5-8,14,16,18,21H,3-4,9-11,13H2,1-2H3. The number of likely N-dealkylation sites (tertiary alicyclic amines) is 1. The zero-order chi connectivity index (χ0) is 15.2. The number of aliphatic hydroxyl groups is 1. The lowest BCUT2D eigenvalue weighted by atomic mass is 9.89. The molecule has 0 aliphatic carbocycles. The molecule has 0 spiro atoms. The summed E-state index contributed by atoms with van der Waals surface area (Å²) >= 11 is 0. The summed E-state index contributed by atoms with van der Waals surface area (Å²) in [4.78, 5) is 2.38. The van der Waals surface area contributed by atoms with Gasteiger partial charge in [-0.25, -0.2) is 0 Å². The summed E-state index contributed by atoms with van der Waals surface area (Å²) in [6, 6.07) is 9.37. The van der Waals surface area contributed by atoms with Gasteiger partial charge in [0.05, 0.1) is 17.7 Å². The number of β-amino-alcohol motifs (C(OH)–C–C–N with tert-alkyl or cyclic N) is 1. The molecule has 21 heavy (non-hydrogen) atoms. The molecule has 0 bridgehead atoms. The predicted molar refractivity (Wildman–Crippen MR) is 84.7 cm³/mol. The summed E-state index contributed by atoms with van der Waals surface area (Å²) in [5, 5.41) is 19.2. The second-order valence-corrected chi connectivity index (χ2v) is 6.49. The van der Waals surface area contributed by atoms with Crippen LogP contribution < -0.4 is 0 Å². The van der Waals surface area contributed by atoms with E-state index in [9.17, 15) is 5.11 Å². The molecule has 0 saturated carbocycles. The molecule has 1 aromatic carbocycles. The minimum absolute atomic E-state index is 0.464. The van der Waals surface area contributed by atoms with Crippen molar-refractivity contribution in [3.8, 4) is 6.07 Å². The van der Waals surface area contributed by atoms with E-state index >= 15 is 0 Å². The van der Waals surface area contributed by atoms with Gasteiger partial charge in [0, 0.05) is 6.54 Å². The summed E-state index contributed by atoms with van der Waals surface area (Å²) in [5.74, 6) is 1.58. The van der Waals surface area contributed by atoms with Crippen LogP contribution in [0.25, 0.3) is 0 Å². The second-order valence-electron chi connectivity index (χ2n) is 6.49. The van der Waals surface area contributed by atoms with Crippen LogP contribution in [0.2, 0.25) is 0 Å². The molecular weight excluding hydrogens is 260 g/mol. The van der Waals surface area contributed by atoms with Gasteiger partial charge in [-0.3, -0.25) is 0 Å². The Morgan fingerprint density at radius 1 is 1.24 bits per heavy atom. The molecule has 3 nitrogen and oxygen atoms in total. The lowest BCUT2D eigenvalue weighted by Crippen LogP contribution is -2.30. The lowest BCUT2D eigenvalue weighted by Gasteiger charge is -2.24. The number of benzene rings is 1. The van der Waals surface area contributed by atoms with Gasteiger partial charge in [0.25, 0.3) is 0 Å². The Labute approximate surface area is 128 Å². The van der Waals surface area contributed by atoms with Crippen molar-refractivity contribution in [2.45, 2.75) is 39.2 Å².